The maximum atomic E-state index is 13.0. The standard InChI is InChI=1S/C17H22N2O3S/c1-12-15-11-14(23(21,22)18-7-3-2-4-8-18)10-13-6-5-9-19(16(13)15)17(12)20/h10-12H,2-9H2,1H3/t12-/m1/s1. The van der Waals surface area contributed by atoms with Crippen molar-refractivity contribution >= 4 is 21.6 Å². The van der Waals surface area contributed by atoms with Crippen LogP contribution in [0.4, 0.5) is 5.69 Å². The molecule has 3 aliphatic rings. The van der Waals surface area contributed by atoms with Gasteiger partial charge in [-0.3, -0.25) is 4.79 Å². The number of aryl methyl sites for hydroxylation is 1. The van der Waals surface area contributed by atoms with Crippen molar-refractivity contribution in [2.45, 2.75) is 49.8 Å². The summed E-state index contributed by atoms with van der Waals surface area (Å²) in [5.41, 5.74) is 2.89. The van der Waals surface area contributed by atoms with Crippen LogP contribution in [0.15, 0.2) is 17.0 Å². The van der Waals surface area contributed by atoms with Crippen molar-refractivity contribution in [3.63, 3.8) is 0 Å². The minimum absolute atomic E-state index is 0.105. The van der Waals surface area contributed by atoms with Gasteiger partial charge in [0.1, 0.15) is 0 Å². The number of carbonyl (C=O) groups excluding carboxylic acids is 1. The van der Waals surface area contributed by atoms with E-state index in [0.717, 1.165) is 55.5 Å². The molecule has 1 amide bonds. The van der Waals surface area contributed by atoms with Crippen molar-refractivity contribution in [2.24, 2.45) is 0 Å². The lowest BCUT2D eigenvalue weighted by atomic mass is 9.97. The van der Waals surface area contributed by atoms with Crippen LogP contribution in [0.25, 0.3) is 0 Å². The lowest BCUT2D eigenvalue weighted by Crippen LogP contribution is -2.36. The Morgan fingerprint density at radius 2 is 1.78 bits per heavy atom. The fourth-order valence-corrected chi connectivity index (χ4v) is 5.67. The normalized spacial score (nSPS) is 24.8. The molecule has 0 radical (unpaired) electrons. The highest BCUT2D eigenvalue weighted by Crippen LogP contribution is 2.44. The summed E-state index contributed by atoms with van der Waals surface area (Å²) in [6.45, 7) is 3.85. The van der Waals surface area contributed by atoms with E-state index in [1.54, 1.807) is 16.4 Å². The van der Waals surface area contributed by atoms with Crippen LogP contribution in [-0.2, 0) is 21.2 Å². The molecule has 1 fully saturated rings. The molecular formula is C17H22N2O3S. The highest BCUT2D eigenvalue weighted by atomic mass is 32.2. The number of hydrogen-bond donors (Lipinski definition) is 0. The lowest BCUT2D eigenvalue weighted by molar-refractivity contribution is -0.119. The summed E-state index contributed by atoms with van der Waals surface area (Å²) in [4.78, 5) is 14.6. The third-order valence-electron chi connectivity index (χ3n) is 5.35. The Balaban J connectivity index is 1.82. The summed E-state index contributed by atoms with van der Waals surface area (Å²) in [7, 11) is -3.45. The number of sulfonamides is 1. The van der Waals surface area contributed by atoms with Gasteiger partial charge in [-0.2, -0.15) is 4.31 Å². The minimum Gasteiger partial charge on any atom is -0.311 e. The van der Waals surface area contributed by atoms with Crippen molar-refractivity contribution in [3.8, 4) is 0 Å². The monoisotopic (exact) mass is 334 g/mol. The second kappa shape index (κ2) is 5.31. The van der Waals surface area contributed by atoms with Crippen molar-refractivity contribution in [2.75, 3.05) is 24.5 Å². The molecule has 0 bridgehead atoms. The van der Waals surface area contributed by atoms with Gasteiger partial charge in [-0.25, -0.2) is 8.42 Å². The first-order chi connectivity index (χ1) is 11.0. The Morgan fingerprint density at radius 1 is 1.04 bits per heavy atom. The molecule has 1 aromatic rings. The molecule has 5 nitrogen and oxygen atoms in total. The van der Waals surface area contributed by atoms with Gasteiger partial charge in [-0.15, -0.1) is 0 Å². The number of nitrogens with zero attached hydrogens (tertiary/aromatic N) is 2. The molecule has 124 valence electrons. The zero-order valence-electron chi connectivity index (χ0n) is 13.4. The van der Waals surface area contributed by atoms with Gasteiger partial charge in [0, 0.05) is 19.6 Å². The van der Waals surface area contributed by atoms with Crippen LogP contribution < -0.4 is 4.90 Å². The van der Waals surface area contributed by atoms with Gasteiger partial charge in [-0.05, 0) is 55.9 Å². The average Bonchev–Trinajstić information content (AvgIpc) is 2.82. The van der Waals surface area contributed by atoms with Crippen LogP contribution in [-0.4, -0.2) is 38.3 Å². The van der Waals surface area contributed by atoms with Crippen molar-refractivity contribution < 1.29 is 13.2 Å². The summed E-state index contributed by atoms with van der Waals surface area (Å²) < 4.78 is 27.5. The fourth-order valence-electron chi connectivity index (χ4n) is 4.07. The van der Waals surface area contributed by atoms with Gasteiger partial charge < -0.3 is 4.90 Å². The molecular weight excluding hydrogens is 312 g/mol. The fraction of sp³-hybridized carbons (Fsp3) is 0.588. The van der Waals surface area contributed by atoms with E-state index in [1.807, 2.05) is 11.8 Å². The van der Waals surface area contributed by atoms with Crippen LogP contribution in [0.2, 0.25) is 0 Å². The van der Waals surface area contributed by atoms with Gasteiger partial charge in [0.15, 0.2) is 0 Å². The van der Waals surface area contributed by atoms with Gasteiger partial charge in [0.25, 0.3) is 0 Å². The smallest absolute Gasteiger partial charge is 0.243 e. The molecule has 0 spiro atoms. The molecule has 1 saturated heterocycles. The number of amides is 1. The zero-order chi connectivity index (χ0) is 16.2. The van der Waals surface area contributed by atoms with Gasteiger partial charge >= 0.3 is 0 Å². The number of hydrogen-bond acceptors (Lipinski definition) is 3. The quantitative estimate of drug-likeness (QED) is 0.833. The number of carbonyl (C=O) groups is 1. The molecule has 3 aliphatic heterocycles. The van der Waals surface area contributed by atoms with Gasteiger partial charge in [0.05, 0.1) is 16.5 Å². The Kier molecular flexibility index (Phi) is 3.50. The molecule has 1 atom stereocenters. The van der Waals surface area contributed by atoms with Crippen LogP contribution in [0.5, 0.6) is 0 Å². The highest BCUT2D eigenvalue weighted by Gasteiger charge is 2.39. The summed E-state index contributed by atoms with van der Waals surface area (Å²) in [6.07, 6.45) is 4.71. The van der Waals surface area contributed by atoms with Gasteiger partial charge in [-0.1, -0.05) is 6.42 Å². The Labute approximate surface area is 137 Å². The van der Waals surface area contributed by atoms with E-state index in [0.29, 0.717) is 18.0 Å². The maximum Gasteiger partial charge on any atom is 0.243 e. The minimum atomic E-state index is -3.45. The summed E-state index contributed by atoms with van der Waals surface area (Å²) in [6, 6.07) is 3.55. The van der Waals surface area contributed by atoms with E-state index in [1.165, 1.54) is 0 Å². The number of piperidine rings is 1. The van der Waals surface area contributed by atoms with E-state index < -0.39 is 10.0 Å². The van der Waals surface area contributed by atoms with Gasteiger partial charge in [0.2, 0.25) is 15.9 Å². The van der Waals surface area contributed by atoms with Crippen molar-refractivity contribution in [1.82, 2.24) is 4.31 Å². The summed E-state index contributed by atoms with van der Waals surface area (Å²) >= 11 is 0. The molecule has 0 aliphatic carbocycles. The Hall–Kier alpha value is -1.40. The Morgan fingerprint density at radius 3 is 2.52 bits per heavy atom. The number of rotatable bonds is 2. The maximum absolute atomic E-state index is 13.0. The molecule has 6 heteroatoms. The first-order valence-corrected chi connectivity index (χ1v) is 9.92. The largest absolute Gasteiger partial charge is 0.311 e. The molecule has 0 N–H and O–H groups in total. The first kappa shape index (κ1) is 15.1. The Bertz CT molecular complexity index is 766. The van der Waals surface area contributed by atoms with Crippen LogP contribution >= 0.6 is 0 Å². The molecule has 1 aromatic carbocycles. The SMILES string of the molecule is C[C@H]1C(=O)N2CCCc3cc(S(=O)(=O)N4CCCCC4)cc1c32. The second-order valence-electron chi connectivity index (χ2n) is 6.80. The summed E-state index contributed by atoms with van der Waals surface area (Å²) in [5.74, 6) is -0.133. The average molecular weight is 334 g/mol. The summed E-state index contributed by atoms with van der Waals surface area (Å²) in [5, 5.41) is 0. The third-order valence-corrected chi connectivity index (χ3v) is 7.22. The molecule has 0 unspecified atom stereocenters. The predicted molar refractivity (Wildman–Crippen MR) is 88.1 cm³/mol. The van der Waals surface area contributed by atoms with Crippen molar-refractivity contribution in [1.29, 1.82) is 0 Å². The lowest BCUT2D eigenvalue weighted by Gasteiger charge is -2.28. The number of benzene rings is 1. The van der Waals surface area contributed by atoms with E-state index in [-0.39, 0.29) is 11.8 Å². The first-order valence-electron chi connectivity index (χ1n) is 8.48. The van der Waals surface area contributed by atoms with E-state index in [4.69, 9.17) is 0 Å². The van der Waals surface area contributed by atoms with E-state index >= 15 is 0 Å². The molecule has 0 aromatic heterocycles. The van der Waals surface area contributed by atoms with Crippen LogP contribution in [0, 0.1) is 0 Å². The molecule has 3 heterocycles. The number of anilines is 1. The second-order valence-corrected chi connectivity index (χ2v) is 8.74. The molecule has 23 heavy (non-hydrogen) atoms. The molecule has 0 saturated carbocycles. The highest BCUT2D eigenvalue weighted by molar-refractivity contribution is 7.89. The van der Waals surface area contributed by atoms with E-state index in [2.05, 4.69) is 0 Å². The van der Waals surface area contributed by atoms with Crippen LogP contribution in [0.3, 0.4) is 0 Å². The van der Waals surface area contributed by atoms with Crippen molar-refractivity contribution in [3.05, 3.63) is 23.3 Å². The van der Waals surface area contributed by atoms with Crippen LogP contribution in [0.1, 0.15) is 49.7 Å². The topological polar surface area (TPSA) is 57.7 Å². The predicted octanol–water partition coefficient (Wildman–Crippen LogP) is 2.26. The van der Waals surface area contributed by atoms with E-state index in [9.17, 15) is 13.2 Å². The molecule has 4 rings (SSSR count). The third kappa shape index (κ3) is 2.22. The zero-order valence-corrected chi connectivity index (χ0v) is 14.2.